The predicted octanol–water partition coefficient (Wildman–Crippen LogP) is 2.49. The molecular formula is C16H17NO4. The largest absolute Gasteiger partial charge is 0.478 e. The Morgan fingerprint density at radius 3 is 2.67 bits per heavy atom. The second-order valence-electron chi connectivity index (χ2n) is 4.93. The van der Waals surface area contributed by atoms with Gasteiger partial charge in [-0.2, -0.15) is 0 Å². The highest BCUT2D eigenvalue weighted by Crippen LogP contribution is 2.13. The number of rotatable bonds is 5. The number of carbonyl (C=O) groups is 2. The normalized spacial score (nSPS) is 10.4. The van der Waals surface area contributed by atoms with E-state index in [9.17, 15) is 9.59 Å². The van der Waals surface area contributed by atoms with Crippen LogP contribution in [0.25, 0.3) is 0 Å². The number of benzene rings is 1. The minimum absolute atomic E-state index is 0.0712. The topological polar surface area (TPSA) is 70.8 Å². The molecule has 0 aliphatic carbocycles. The standard InChI is InChI=1S/C16H17NO4/c1-11-14(6-7-21-11)10-17(2)15(18)9-12-4-3-5-13(8-12)16(19)20/h3-8H,9-10H2,1-2H3,(H,19,20). The molecule has 2 aromatic rings. The van der Waals surface area contributed by atoms with Crippen LogP contribution in [-0.2, 0) is 17.8 Å². The van der Waals surface area contributed by atoms with E-state index in [2.05, 4.69) is 0 Å². The minimum atomic E-state index is -0.994. The Bertz CT molecular complexity index is 660. The Hall–Kier alpha value is -2.56. The van der Waals surface area contributed by atoms with E-state index in [1.807, 2.05) is 13.0 Å². The molecule has 0 unspecified atom stereocenters. The summed E-state index contributed by atoms with van der Waals surface area (Å²) in [6.07, 6.45) is 1.77. The van der Waals surface area contributed by atoms with Gasteiger partial charge in [-0.15, -0.1) is 0 Å². The molecule has 0 fully saturated rings. The summed E-state index contributed by atoms with van der Waals surface area (Å²) in [7, 11) is 1.72. The van der Waals surface area contributed by atoms with Crippen LogP contribution in [0.3, 0.4) is 0 Å². The Kier molecular flexibility index (Phi) is 4.42. The first-order valence-electron chi connectivity index (χ1n) is 6.56. The number of furan rings is 1. The van der Waals surface area contributed by atoms with Gasteiger partial charge in [0.05, 0.1) is 18.2 Å². The van der Waals surface area contributed by atoms with E-state index < -0.39 is 5.97 Å². The van der Waals surface area contributed by atoms with Gasteiger partial charge in [-0.25, -0.2) is 4.79 Å². The van der Waals surface area contributed by atoms with Crippen molar-refractivity contribution in [3.8, 4) is 0 Å². The highest BCUT2D eigenvalue weighted by atomic mass is 16.4. The zero-order valence-electron chi connectivity index (χ0n) is 12.0. The van der Waals surface area contributed by atoms with Crippen LogP contribution < -0.4 is 0 Å². The monoisotopic (exact) mass is 287 g/mol. The number of carboxylic acid groups (broad SMARTS) is 1. The number of carbonyl (C=O) groups excluding carboxylic acids is 1. The van der Waals surface area contributed by atoms with Crippen LogP contribution in [-0.4, -0.2) is 28.9 Å². The maximum Gasteiger partial charge on any atom is 0.335 e. The summed E-state index contributed by atoms with van der Waals surface area (Å²) in [6.45, 7) is 2.32. The number of aromatic carboxylic acids is 1. The van der Waals surface area contributed by atoms with Crippen LogP contribution >= 0.6 is 0 Å². The molecule has 21 heavy (non-hydrogen) atoms. The molecule has 0 spiro atoms. The summed E-state index contributed by atoms with van der Waals surface area (Å²) in [4.78, 5) is 24.7. The van der Waals surface area contributed by atoms with Crippen molar-refractivity contribution in [3.05, 3.63) is 59.0 Å². The average Bonchev–Trinajstić information content (AvgIpc) is 2.84. The summed E-state index contributed by atoms with van der Waals surface area (Å²) < 4.78 is 5.20. The van der Waals surface area contributed by atoms with Crippen molar-refractivity contribution in [2.24, 2.45) is 0 Å². The number of nitrogens with zero attached hydrogens (tertiary/aromatic N) is 1. The van der Waals surface area contributed by atoms with Crippen molar-refractivity contribution in [1.82, 2.24) is 4.90 Å². The number of hydrogen-bond acceptors (Lipinski definition) is 3. The molecule has 0 atom stereocenters. The first-order chi connectivity index (χ1) is 9.97. The fourth-order valence-corrected chi connectivity index (χ4v) is 2.04. The molecule has 1 aromatic heterocycles. The summed E-state index contributed by atoms with van der Waals surface area (Å²) >= 11 is 0. The number of likely N-dealkylation sites (N-methyl/N-ethyl adjacent to an activating group) is 1. The number of amides is 1. The molecule has 0 aliphatic heterocycles. The van der Waals surface area contributed by atoms with E-state index in [-0.39, 0.29) is 17.9 Å². The molecule has 2 rings (SSSR count). The van der Waals surface area contributed by atoms with Crippen LogP contribution in [0.4, 0.5) is 0 Å². The zero-order valence-corrected chi connectivity index (χ0v) is 12.0. The SMILES string of the molecule is Cc1occc1CN(C)C(=O)Cc1cccc(C(=O)O)c1. The molecule has 0 saturated carbocycles. The average molecular weight is 287 g/mol. The molecule has 5 nitrogen and oxygen atoms in total. The van der Waals surface area contributed by atoms with Gasteiger partial charge >= 0.3 is 5.97 Å². The highest BCUT2D eigenvalue weighted by Gasteiger charge is 2.13. The van der Waals surface area contributed by atoms with Crippen molar-refractivity contribution in [3.63, 3.8) is 0 Å². The highest BCUT2D eigenvalue weighted by molar-refractivity contribution is 5.88. The molecule has 0 radical (unpaired) electrons. The fraction of sp³-hybridized carbons (Fsp3) is 0.250. The van der Waals surface area contributed by atoms with Crippen LogP contribution in [0, 0.1) is 6.92 Å². The van der Waals surface area contributed by atoms with E-state index in [4.69, 9.17) is 9.52 Å². The predicted molar refractivity (Wildman–Crippen MR) is 77.0 cm³/mol. The molecule has 110 valence electrons. The zero-order chi connectivity index (χ0) is 15.4. The number of hydrogen-bond donors (Lipinski definition) is 1. The molecule has 5 heteroatoms. The van der Waals surface area contributed by atoms with Crippen molar-refractivity contribution in [2.45, 2.75) is 19.9 Å². The van der Waals surface area contributed by atoms with Gasteiger partial charge in [0.25, 0.3) is 0 Å². The summed E-state index contributed by atoms with van der Waals surface area (Å²) in [5, 5.41) is 8.95. The van der Waals surface area contributed by atoms with Crippen molar-refractivity contribution >= 4 is 11.9 Å². The minimum Gasteiger partial charge on any atom is -0.478 e. The second kappa shape index (κ2) is 6.26. The van der Waals surface area contributed by atoms with Crippen molar-refractivity contribution < 1.29 is 19.1 Å². The van der Waals surface area contributed by atoms with Crippen LogP contribution in [0.15, 0.2) is 41.0 Å². The first-order valence-corrected chi connectivity index (χ1v) is 6.56. The van der Waals surface area contributed by atoms with Gasteiger partial charge in [0.1, 0.15) is 5.76 Å². The van der Waals surface area contributed by atoms with E-state index in [1.54, 1.807) is 30.3 Å². The van der Waals surface area contributed by atoms with Crippen molar-refractivity contribution in [1.29, 1.82) is 0 Å². The maximum absolute atomic E-state index is 12.2. The summed E-state index contributed by atoms with van der Waals surface area (Å²) in [6, 6.07) is 8.27. The van der Waals surface area contributed by atoms with Gasteiger partial charge < -0.3 is 14.4 Å². The van der Waals surface area contributed by atoms with E-state index in [1.165, 1.54) is 12.1 Å². The molecule has 0 aliphatic rings. The van der Waals surface area contributed by atoms with Gasteiger partial charge in [0.15, 0.2) is 0 Å². The molecule has 1 aromatic carbocycles. The van der Waals surface area contributed by atoms with Gasteiger partial charge in [-0.05, 0) is 30.7 Å². The lowest BCUT2D eigenvalue weighted by Gasteiger charge is -2.17. The number of aryl methyl sites for hydroxylation is 1. The first kappa shape index (κ1) is 14.8. The molecule has 1 heterocycles. The summed E-state index contributed by atoms with van der Waals surface area (Å²) in [5.41, 5.74) is 1.84. The quantitative estimate of drug-likeness (QED) is 0.917. The van der Waals surface area contributed by atoms with Gasteiger partial charge in [-0.1, -0.05) is 12.1 Å². The third-order valence-electron chi connectivity index (χ3n) is 3.33. The van der Waals surface area contributed by atoms with Crippen LogP contribution in [0.5, 0.6) is 0 Å². The molecule has 1 amide bonds. The maximum atomic E-state index is 12.2. The van der Waals surface area contributed by atoms with Gasteiger partial charge in [-0.3, -0.25) is 4.79 Å². The van der Waals surface area contributed by atoms with Gasteiger partial charge in [0, 0.05) is 19.2 Å². The third kappa shape index (κ3) is 3.72. The molecular weight excluding hydrogens is 270 g/mol. The van der Waals surface area contributed by atoms with Gasteiger partial charge in [0.2, 0.25) is 5.91 Å². The lowest BCUT2D eigenvalue weighted by molar-refractivity contribution is -0.129. The Balaban J connectivity index is 2.02. The van der Waals surface area contributed by atoms with Crippen LogP contribution in [0.1, 0.15) is 27.2 Å². The Labute approximate surface area is 122 Å². The van der Waals surface area contributed by atoms with E-state index >= 15 is 0 Å². The third-order valence-corrected chi connectivity index (χ3v) is 3.33. The second-order valence-corrected chi connectivity index (χ2v) is 4.93. The molecule has 0 bridgehead atoms. The Morgan fingerprint density at radius 2 is 2.05 bits per heavy atom. The molecule has 1 N–H and O–H groups in total. The van der Waals surface area contributed by atoms with Crippen molar-refractivity contribution in [2.75, 3.05) is 7.05 Å². The lowest BCUT2D eigenvalue weighted by Crippen LogP contribution is -2.27. The number of carboxylic acids is 1. The van der Waals surface area contributed by atoms with E-state index in [0.29, 0.717) is 12.1 Å². The summed E-state index contributed by atoms with van der Waals surface area (Å²) in [5.74, 6) is -0.271. The smallest absolute Gasteiger partial charge is 0.335 e. The fourth-order valence-electron chi connectivity index (χ4n) is 2.04. The molecule has 0 saturated heterocycles. The van der Waals surface area contributed by atoms with E-state index in [0.717, 1.165) is 11.3 Å². The lowest BCUT2D eigenvalue weighted by atomic mass is 10.1. The van der Waals surface area contributed by atoms with Crippen LogP contribution in [0.2, 0.25) is 0 Å². The Morgan fingerprint density at radius 1 is 1.29 bits per heavy atom.